The molecule has 3 aromatic heterocycles. The number of oxazole rings is 1. The second kappa shape index (κ2) is 9.13. The molecule has 0 fully saturated rings. The zero-order valence-electron chi connectivity index (χ0n) is 17.6. The van der Waals surface area contributed by atoms with Crippen LogP contribution in [0, 0.1) is 6.92 Å². The van der Waals surface area contributed by atoms with E-state index in [0.717, 1.165) is 21.0 Å². The van der Waals surface area contributed by atoms with Gasteiger partial charge in [0.25, 0.3) is 5.91 Å². The van der Waals surface area contributed by atoms with Crippen LogP contribution in [0.5, 0.6) is 0 Å². The molecule has 166 valence electrons. The van der Waals surface area contributed by atoms with Gasteiger partial charge in [-0.15, -0.1) is 22.7 Å². The predicted molar refractivity (Wildman–Crippen MR) is 126 cm³/mol. The van der Waals surface area contributed by atoms with Gasteiger partial charge in [0.2, 0.25) is 5.89 Å². The van der Waals surface area contributed by atoms with E-state index in [4.69, 9.17) is 9.15 Å². The van der Waals surface area contributed by atoms with E-state index in [0.29, 0.717) is 18.1 Å². The number of carbonyl (C=O) groups is 2. The Balaban J connectivity index is 1.30. The molecule has 4 heterocycles. The molecule has 0 radical (unpaired) electrons. The van der Waals surface area contributed by atoms with Gasteiger partial charge >= 0.3 is 5.97 Å². The number of nitrogens with zero attached hydrogens (tertiary/aromatic N) is 3. The van der Waals surface area contributed by atoms with Crippen molar-refractivity contribution in [2.75, 3.05) is 6.61 Å². The second-order valence-corrected chi connectivity index (χ2v) is 9.29. The third kappa shape index (κ3) is 4.37. The van der Waals surface area contributed by atoms with Crippen molar-refractivity contribution in [1.82, 2.24) is 9.99 Å². The summed E-state index contributed by atoms with van der Waals surface area (Å²) in [5.74, 6) is -0.436. The van der Waals surface area contributed by atoms with E-state index in [1.807, 2.05) is 65.4 Å². The molecule has 1 aliphatic heterocycles. The number of aryl methyl sites for hydroxylation is 1. The molecule has 0 saturated carbocycles. The summed E-state index contributed by atoms with van der Waals surface area (Å²) in [6, 6.07) is 16.9. The van der Waals surface area contributed by atoms with Crippen LogP contribution in [-0.4, -0.2) is 34.2 Å². The number of amides is 1. The molecule has 7 nitrogen and oxygen atoms in total. The summed E-state index contributed by atoms with van der Waals surface area (Å²) in [5.41, 5.74) is 1.66. The minimum atomic E-state index is -0.707. The largest absolute Gasteiger partial charge is 0.451 e. The first-order chi connectivity index (χ1) is 16.1. The summed E-state index contributed by atoms with van der Waals surface area (Å²) in [6.45, 7) is 1.21. The van der Waals surface area contributed by atoms with Crippen molar-refractivity contribution >= 4 is 40.3 Å². The van der Waals surface area contributed by atoms with Gasteiger partial charge in [0.1, 0.15) is 5.76 Å². The highest BCUT2D eigenvalue weighted by Crippen LogP contribution is 2.36. The van der Waals surface area contributed by atoms with Crippen LogP contribution in [0.2, 0.25) is 0 Å². The van der Waals surface area contributed by atoms with E-state index < -0.39 is 18.5 Å². The fraction of sp³-hybridized carbons (Fsp3) is 0.167. The van der Waals surface area contributed by atoms with Gasteiger partial charge in [-0.2, -0.15) is 5.10 Å². The monoisotopic (exact) mass is 477 g/mol. The second-order valence-electron chi connectivity index (χ2n) is 7.36. The van der Waals surface area contributed by atoms with Crippen molar-refractivity contribution < 1.29 is 18.7 Å². The van der Waals surface area contributed by atoms with E-state index in [9.17, 15) is 9.59 Å². The number of ether oxygens (including phenoxy) is 1. The van der Waals surface area contributed by atoms with Crippen LogP contribution in [0.1, 0.15) is 38.5 Å². The first-order valence-corrected chi connectivity index (χ1v) is 12.0. The lowest BCUT2D eigenvalue weighted by molar-refractivity contribution is -0.136. The number of aromatic nitrogens is 1. The van der Waals surface area contributed by atoms with Crippen molar-refractivity contribution in [3.8, 4) is 11.5 Å². The van der Waals surface area contributed by atoms with Gasteiger partial charge < -0.3 is 9.15 Å². The SMILES string of the molecule is Cc1oc(-c2ccccc2)nc1C(=O)OCC(=O)N1N=C(c2cccs2)C[C@@H]1c1cccs1. The lowest BCUT2D eigenvalue weighted by atomic mass is 10.1. The van der Waals surface area contributed by atoms with E-state index in [1.165, 1.54) is 5.01 Å². The molecule has 1 atom stereocenters. The van der Waals surface area contributed by atoms with Crippen molar-refractivity contribution in [1.29, 1.82) is 0 Å². The number of rotatable bonds is 6. The molecule has 9 heteroatoms. The minimum absolute atomic E-state index is 0.0562. The Morgan fingerprint density at radius 2 is 1.88 bits per heavy atom. The quantitative estimate of drug-likeness (QED) is 0.352. The Bertz CT molecular complexity index is 1290. The number of hydrogen-bond donors (Lipinski definition) is 0. The van der Waals surface area contributed by atoms with Crippen LogP contribution >= 0.6 is 22.7 Å². The molecule has 0 bridgehead atoms. The molecule has 4 aromatic rings. The zero-order valence-corrected chi connectivity index (χ0v) is 19.3. The number of thiophene rings is 2. The standard InChI is InChI=1S/C24H19N3O4S2/c1-15-22(25-23(31-15)16-7-3-2-4-8-16)24(29)30-14-21(28)27-18(20-10-6-12-33-20)13-17(26-27)19-9-5-11-32-19/h2-12,18H,13-14H2,1H3/t18-/m1/s1. The maximum absolute atomic E-state index is 13.0. The van der Waals surface area contributed by atoms with Gasteiger partial charge in [0.05, 0.1) is 16.6 Å². The average molecular weight is 478 g/mol. The lowest BCUT2D eigenvalue weighted by Crippen LogP contribution is -2.31. The minimum Gasteiger partial charge on any atom is -0.451 e. The average Bonchev–Trinajstić information content (AvgIpc) is 3.63. The number of carbonyl (C=O) groups excluding carboxylic acids is 2. The summed E-state index contributed by atoms with van der Waals surface area (Å²) in [4.78, 5) is 32.0. The first kappa shape index (κ1) is 21.3. The third-order valence-corrected chi connectivity index (χ3v) is 7.07. The van der Waals surface area contributed by atoms with E-state index >= 15 is 0 Å². The smallest absolute Gasteiger partial charge is 0.361 e. The van der Waals surface area contributed by atoms with Crippen LogP contribution in [0.4, 0.5) is 0 Å². The first-order valence-electron chi connectivity index (χ1n) is 10.3. The van der Waals surface area contributed by atoms with Crippen LogP contribution < -0.4 is 0 Å². The summed E-state index contributed by atoms with van der Waals surface area (Å²) in [7, 11) is 0. The number of hydrazone groups is 1. The van der Waals surface area contributed by atoms with Crippen LogP contribution in [0.15, 0.2) is 74.9 Å². The molecule has 0 aliphatic carbocycles. The van der Waals surface area contributed by atoms with E-state index in [2.05, 4.69) is 10.1 Å². The maximum Gasteiger partial charge on any atom is 0.361 e. The van der Waals surface area contributed by atoms with Crippen LogP contribution in [0.3, 0.4) is 0 Å². The van der Waals surface area contributed by atoms with E-state index in [-0.39, 0.29) is 11.7 Å². The Labute approximate surface area is 198 Å². The van der Waals surface area contributed by atoms with Gasteiger partial charge in [-0.05, 0) is 41.9 Å². The van der Waals surface area contributed by atoms with Crippen LogP contribution in [0.25, 0.3) is 11.5 Å². The molecule has 33 heavy (non-hydrogen) atoms. The molecule has 0 unspecified atom stereocenters. The highest BCUT2D eigenvalue weighted by Gasteiger charge is 2.34. The van der Waals surface area contributed by atoms with Crippen LogP contribution in [-0.2, 0) is 9.53 Å². The Morgan fingerprint density at radius 3 is 2.61 bits per heavy atom. The molecule has 1 amide bonds. The van der Waals surface area contributed by atoms with Crippen molar-refractivity contribution in [2.24, 2.45) is 5.10 Å². The highest BCUT2D eigenvalue weighted by atomic mass is 32.1. The summed E-state index contributed by atoms with van der Waals surface area (Å²) < 4.78 is 10.9. The van der Waals surface area contributed by atoms with Crippen molar-refractivity contribution in [3.63, 3.8) is 0 Å². The van der Waals surface area contributed by atoms with Gasteiger partial charge in [-0.25, -0.2) is 14.8 Å². The third-order valence-electron chi connectivity index (χ3n) is 5.18. The fourth-order valence-electron chi connectivity index (χ4n) is 3.59. The van der Waals surface area contributed by atoms with Crippen molar-refractivity contribution in [3.05, 3.63) is 86.6 Å². The normalized spacial score (nSPS) is 15.5. The Hall–Kier alpha value is -3.56. The summed E-state index contributed by atoms with van der Waals surface area (Å²) in [6.07, 6.45) is 0.615. The summed E-state index contributed by atoms with van der Waals surface area (Å²) in [5, 5.41) is 9.95. The Morgan fingerprint density at radius 1 is 1.09 bits per heavy atom. The molecule has 0 saturated heterocycles. The zero-order chi connectivity index (χ0) is 22.8. The molecular weight excluding hydrogens is 458 g/mol. The summed E-state index contributed by atoms with van der Waals surface area (Å²) >= 11 is 3.15. The van der Waals surface area contributed by atoms with Gasteiger partial charge in [0, 0.05) is 16.9 Å². The molecule has 5 rings (SSSR count). The van der Waals surface area contributed by atoms with Gasteiger partial charge in [-0.3, -0.25) is 4.79 Å². The molecule has 0 N–H and O–H groups in total. The number of hydrogen-bond acceptors (Lipinski definition) is 8. The fourth-order valence-corrected chi connectivity index (χ4v) is 5.12. The predicted octanol–water partition coefficient (Wildman–Crippen LogP) is 5.31. The maximum atomic E-state index is 13.0. The number of benzene rings is 1. The molecule has 1 aliphatic rings. The van der Waals surface area contributed by atoms with E-state index in [1.54, 1.807) is 29.6 Å². The highest BCUT2D eigenvalue weighted by molar-refractivity contribution is 7.12. The van der Waals surface area contributed by atoms with Gasteiger partial charge in [0.15, 0.2) is 12.3 Å². The van der Waals surface area contributed by atoms with Gasteiger partial charge in [-0.1, -0.05) is 30.3 Å². The topological polar surface area (TPSA) is 85.0 Å². The molecule has 1 aromatic carbocycles. The van der Waals surface area contributed by atoms with Crippen molar-refractivity contribution in [2.45, 2.75) is 19.4 Å². The number of esters is 1. The lowest BCUT2D eigenvalue weighted by Gasteiger charge is -2.20. The molecule has 0 spiro atoms. The molecular formula is C24H19N3O4S2. The Kier molecular flexibility index (Phi) is 5.89.